The second-order valence-electron chi connectivity index (χ2n) is 7.17. The summed E-state index contributed by atoms with van der Waals surface area (Å²) >= 11 is 1.39. The number of aryl methyl sites for hydroxylation is 1. The summed E-state index contributed by atoms with van der Waals surface area (Å²) in [6, 6.07) is 11.2. The number of carbonyl (C=O) groups is 2. The Balaban J connectivity index is 1.82. The smallest absolute Gasteiger partial charge is 0.301 e. The maximum atomic E-state index is 12.9. The number of aliphatic hydroxyl groups excluding tert-OH is 1. The van der Waals surface area contributed by atoms with Gasteiger partial charge in [0.1, 0.15) is 23.3 Å². The van der Waals surface area contributed by atoms with Crippen LogP contribution in [0.2, 0.25) is 0 Å². The minimum Gasteiger partial charge on any atom is -0.507 e. The average Bonchev–Trinajstić information content (AvgIpc) is 3.43. The monoisotopic (exact) mass is 424 g/mol. The number of aromatic nitrogens is 1. The molecule has 0 radical (unpaired) electrons. The van der Waals surface area contributed by atoms with E-state index in [2.05, 4.69) is 5.16 Å². The van der Waals surface area contributed by atoms with E-state index in [-0.39, 0.29) is 23.3 Å². The second-order valence-corrected chi connectivity index (χ2v) is 8.15. The Morgan fingerprint density at radius 1 is 1.23 bits per heavy atom. The van der Waals surface area contributed by atoms with E-state index in [1.54, 1.807) is 37.3 Å². The quantitative estimate of drug-likeness (QED) is 0.369. The summed E-state index contributed by atoms with van der Waals surface area (Å²) in [5, 5.41) is 16.8. The molecule has 0 aliphatic carbocycles. The molecule has 8 heteroatoms. The Hall–Kier alpha value is -3.39. The van der Waals surface area contributed by atoms with Crippen LogP contribution in [0.25, 0.3) is 5.76 Å². The van der Waals surface area contributed by atoms with Crippen molar-refractivity contribution in [3.63, 3.8) is 0 Å². The van der Waals surface area contributed by atoms with Crippen molar-refractivity contribution in [3.05, 3.63) is 69.6 Å². The lowest BCUT2D eigenvalue weighted by Crippen LogP contribution is -2.29. The van der Waals surface area contributed by atoms with Crippen molar-refractivity contribution < 1.29 is 24.0 Å². The molecule has 1 amide bonds. The first-order valence-electron chi connectivity index (χ1n) is 9.41. The molecule has 3 aromatic rings. The van der Waals surface area contributed by atoms with Gasteiger partial charge in [0, 0.05) is 16.5 Å². The maximum absolute atomic E-state index is 12.9. The van der Waals surface area contributed by atoms with E-state index in [1.165, 1.54) is 16.2 Å². The highest BCUT2D eigenvalue weighted by molar-refractivity contribution is 7.10. The van der Waals surface area contributed by atoms with Crippen molar-refractivity contribution in [3.8, 4) is 5.75 Å². The van der Waals surface area contributed by atoms with Crippen LogP contribution in [0.4, 0.5) is 5.82 Å². The van der Waals surface area contributed by atoms with Gasteiger partial charge in [-0.05, 0) is 56.5 Å². The number of nitrogens with zero attached hydrogens (tertiary/aromatic N) is 2. The molecule has 1 N–H and O–H groups in total. The second kappa shape index (κ2) is 7.79. The third-order valence-corrected chi connectivity index (χ3v) is 5.54. The highest BCUT2D eigenvalue weighted by Gasteiger charge is 2.48. The number of aliphatic hydroxyl groups is 1. The number of ether oxygens (including phenoxy) is 1. The first kappa shape index (κ1) is 19.9. The summed E-state index contributed by atoms with van der Waals surface area (Å²) in [5.74, 6) is -0.386. The fourth-order valence-electron chi connectivity index (χ4n) is 3.37. The van der Waals surface area contributed by atoms with Crippen LogP contribution in [0.1, 0.15) is 36.1 Å². The lowest BCUT2D eigenvalue weighted by atomic mass is 10.00. The molecule has 0 spiro atoms. The SMILES string of the molecule is Cc1cc(N2C(=O)C(=O)C(=C(O)c3ccc(OC(C)C)cc3)[C@@H]2c2cccs2)no1. The van der Waals surface area contributed by atoms with Crippen molar-refractivity contribution >= 4 is 34.6 Å². The highest BCUT2D eigenvalue weighted by atomic mass is 32.1. The Morgan fingerprint density at radius 3 is 2.53 bits per heavy atom. The molecular formula is C22H20N2O5S. The van der Waals surface area contributed by atoms with Crippen LogP contribution < -0.4 is 9.64 Å². The van der Waals surface area contributed by atoms with E-state index in [4.69, 9.17) is 9.26 Å². The molecule has 154 valence electrons. The molecule has 0 bridgehead atoms. The first-order valence-corrected chi connectivity index (χ1v) is 10.3. The summed E-state index contributed by atoms with van der Waals surface area (Å²) in [6.07, 6.45) is 0.0134. The summed E-state index contributed by atoms with van der Waals surface area (Å²) < 4.78 is 10.7. The number of carbonyl (C=O) groups excluding carboxylic acids is 2. The van der Waals surface area contributed by atoms with E-state index in [9.17, 15) is 14.7 Å². The van der Waals surface area contributed by atoms with E-state index < -0.39 is 17.7 Å². The number of Topliss-reactive ketones (excluding diaryl/α,β-unsaturated/α-hetero) is 1. The molecule has 1 aliphatic heterocycles. The molecule has 0 unspecified atom stereocenters. The van der Waals surface area contributed by atoms with Gasteiger partial charge in [0.2, 0.25) is 0 Å². The van der Waals surface area contributed by atoms with Gasteiger partial charge in [-0.25, -0.2) is 0 Å². The number of anilines is 1. The van der Waals surface area contributed by atoms with Crippen molar-refractivity contribution in [2.75, 3.05) is 4.90 Å². The Kier molecular flexibility index (Phi) is 5.17. The molecule has 1 atom stereocenters. The van der Waals surface area contributed by atoms with Crippen LogP contribution in [0.15, 0.2) is 57.9 Å². The molecule has 7 nitrogen and oxygen atoms in total. The van der Waals surface area contributed by atoms with Gasteiger partial charge in [0.25, 0.3) is 5.78 Å². The number of hydrogen-bond donors (Lipinski definition) is 1. The summed E-state index contributed by atoms with van der Waals surface area (Å²) in [7, 11) is 0. The predicted molar refractivity (Wildman–Crippen MR) is 113 cm³/mol. The van der Waals surface area contributed by atoms with Crippen LogP contribution in [0.3, 0.4) is 0 Å². The fourth-order valence-corrected chi connectivity index (χ4v) is 4.19. The Morgan fingerprint density at radius 2 is 1.97 bits per heavy atom. The number of benzene rings is 1. The number of ketones is 1. The third kappa shape index (κ3) is 3.50. The van der Waals surface area contributed by atoms with Crippen molar-refractivity contribution in [1.29, 1.82) is 0 Å². The van der Waals surface area contributed by atoms with Crippen LogP contribution in [-0.4, -0.2) is 28.1 Å². The van der Waals surface area contributed by atoms with E-state index in [1.807, 2.05) is 31.4 Å². The highest BCUT2D eigenvalue weighted by Crippen LogP contribution is 2.43. The van der Waals surface area contributed by atoms with Gasteiger partial charge in [0.05, 0.1) is 11.7 Å². The minimum atomic E-state index is -0.791. The number of amides is 1. The largest absolute Gasteiger partial charge is 0.507 e. The van der Waals surface area contributed by atoms with Crippen molar-refractivity contribution in [1.82, 2.24) is 5.16 Å². The number of rotatable bonds is 5. The zero-order valence-electron chi connectivity index (χ0n) is 16.7. The fraction of sp³-hybridized carbons (Fsp3) is 0.227. The van der Waals surface area contributed by atoms with Crippen molar-refractivity contribution in [2.45, 2.75) is 32.9 Å². The molecular weight excluding hydrogens is 404 g/mol. The van der Waals surface area contributed by atoms with Gasteiger partial charge in [-0.15, -0.1) is 11.3 Å². The average molecular weight is 424 g/mol. The topological polar surface area (TPSA) is 92.9 Å². The van der Waals surface area contributed by atoms with E-state index in [0.29, 0.717) is 17.1 Å². The van der Waals surface area contributed by atoms with E-state index >= 15 is 0 Å². The van der Waals surface area contributed by atoms with Crippen molar-refractivity contribution in [2.24, 2.45) is 0 Å². The molecule has 30 heavy (non-hydrogen) atoms. The minimum absolute atomic E-state index is 0.0134. The standard InChI is InChI=1S/C22H20N2O5S/c1-12(2)28-15-8-6-14(7-9-15)20(25)18-19(16-5-4-10-30-16)24(22(27)21(18)26)17-11-13(3)29-23-17/h4-12,19,25H,1-3H3/t19-/m0/s1. The van der Waals surface area contributed by atoms with Crippen LogP contribution >= 0.6 is 11.3 Å². The van der Waals surface area contributed by atoms with Gasteiger partial charge in [-0.3, -0.25) is 14.5 Å². The molecule has 1 aromatic carbocycles. The molecule has 4 rings (SSSR count). The van der Waals surface area contributed by atoms with Gasteiger partial charge in [-0.2, -0.15) is 0 Å². The molecule has 2 aromatic heterocycles. The van der Waals surface area contributed by atoms with Crippen LogP contribution in [-0.2, 0) is 9.59 Å². The summed E-state index contributed by atoms with van der Waals surface area (Å²) in [5.41, 5.74) is 0.433. The molecule has 1 fully saturated rings. The molecule has 1 aliphatic rings. The summed E-state index contributed by atoms with van der Waals surface area (Å²) in [6.45, 7) is 5.54. The molecule has 0 saturated carbocycles. The normalized spacial score (nSPS) is 18.4. The molecule has 1 saturated heterocycles. The number of thiophene rings is 1. The first-order chi connectivity index (χ1) is 14.4. The third-order valence-electron chi connectivity index (χ3n) is 4.62. The Labute approximate surface area is 177 Å². The lowest BCUT2D eigenvalue weighted by Gasteiger charge is -2.21. The predicted octanol–water partition coefficient (Wildman–Crippen LogP) is 4.46. The van der Waals surface area contributed by atoms with Gasteiger partial charge < -0.3 is 14.4 Å². The lowest BCUT2D eigenvalue weighted by molar-refractivity contribution is -0.132. The van der Waals surface area contributed by atoms with Crippen LogP contribution in [0.5, 0.6) is 5.75 Å². The van der Waals surface area contributed by atoms with Gasteiger partial charge in [-0.1, -0.05) is 11.2 Å². The number of hydrogen-bond acceptors (Lipinski definition) is 7. The van der Waals surface area contributed by atoms with Gasteiger partial charge in [0.15, 0.2) is 5.82 Å². The van der Waals surface area contributed by atoms with E-state index in [0.717, 1.165) is 4.88 Å². The van der Waals surface area contributed by atoms with Gasteiger partial charge >= 0.3 is 5.91 Å². The zero-order chi connectivity index (χ0) is 21.4. The molecule has 3 heterocycles. The maximum Gasteiger partial charge on any atom is 0.301 e. The van der Waals surface area contributed by atoms with Crippen LogP contribution in [0, 0.1) is 6.92 Å². The zero-order valence-corrected chi connectivity index (χ0v) is 17.5. The summed E-state index contributed by atoms with van der Waals surface area (Å²) in [4.78, 5) is 27.8. The Bertz CT molecular complexity index is 1110.